The number of aromatic nitrogens is 8. The minimum atomic E-state index is -0.464. The second-order valence-electron chi connectivity index (χ2n) is 13.7. The van der Waals surface area contributed by atoms with Gasteiger partial charge in [0.15, 0.2) is 11.3 Å². The number of fused-ring (bicyclic) bond motifs is 2. The Kier molecular flexibility index (Phi) is 11.4. The van der Waals surface area contributed by atoms with Crippen molar-refractivity contribution in [2.75, 3.05) is 23.8 Å². The van der Waals surface area contributed by atoms with Crippen LogP contribution in [0.5, 0.6) is 11.8 Å². The van der Waals surface area contributed by atoms with Crippen LogP contribution >= 0.6 is 0 Å². The lowest BCUT2D eigenvalue weighted by Gasteiger charge is -2.21. The fraction of sp³-hybridized carbons (Fsp3) is 0.368. The number of carbonyl (C=O) groups excluding carboxylic acids is 2. The minimum Gasteiger partial charge on any atom is -0.476 e. The van der Waals surface area contributed by atoms with Crippen molar-refractivity contribution in [3.63, 3.8) is 0 Å². The summed E-state index contributed by atoms with van der Waals surface area (Å²) in [5, 5.41) is 6.24. The standard InChI is InChI=1S/2C19H22N6O2/c2*20-16(26)13-6-8-14(9-7-13)23-19-24-17-15(21-11-22-17)18(25-19)27-10-12-4-2-1-3-5-12/h2*6-9,11-12H,1-5,10H2,(H2,20,26)(H2,21,22,23,24,25). The van der Waals surface area contributed by atoms with Crippen LogP contribution in [-0.4, -0.2) is 64.9 Å². The molecule has 0 bridgehead atoms. The van der Waals surface area contributed by atoms with Crippen molar-refractivity contribution in [1.29, 1.82) is 0 Å². The summed E-state index contributed by atoms with van der Waals surface area (Å²) in [6.45, 7) is 1.30. The van der Waals surface area contributed by atoms with Gasteiger partial charge >= 0.3 is 0 Å². The largest absolute Gasteiger partial charge is 0.476 e. The van der Waals surface area contributed by atoms with Gasteiger partial charge in [0.1, 0.15) is 11.0 Å². The zero-order valence-electron chi connectivity index (χ0n) is 29.9. The van der Waals surface area contributed by atoms with Gasteiger partial charge in [-0.1, -0.05) is 38.5 Å². The Morgan fingerprint density at radius 3 is 1.35 bits per heavy atom. The highest BCUT2D eigenvalue weighted by Crippen LogP contribution is 2.29. The van der Waals surface area contributed by atoms with Gasteiger partial charge in [0.25, 0.3) is 0 Å². The number of imidazole rings is 2. The van der Waals surface area contributed by atoms with E-state index in [1.165, 1.54) is 64.2 Å². The smallest absolute Gasteiger partial charge is 0.248 e. The van der Waals surface area contributed by atoms with E-state index in [4.69, 9.17) is 20.9 Å². The number of primary amides is 2. The summed E-state index contributed by atoms with van der Waals surface area (Å²) < 4.78 is 12.0. The third kappa shape index (κ3) is 9.18. The van der Waals surface area contributed by atoms with Gasteiger partial charge in [0, 0.05) is 22.5 Å². The molecule has 6 aromatic rings. The van der Waals surface area contributed by atoms with Crippen LogP contribution < -0.4 is 31.6 Å². The number of hydrogen-bond acceptors (Lipinski definition) is 12. The molecule has 0 saturated heterocycles. The lowest BCUT2D eigenvalue weighted by molar-refractivity contribution is 0.0992. The van der Waals surface area contributed by atoms with Crippen LogP contribution in [-0.2, 0) is 0 Å². The fourth-order valence-corrected chi connectivity index (χ4v) is 6.73. The van der Waals surface area contributed by atoms with E-state index < -0.39 is 11.8 Å². The first-order chi connectivity index (χ1) is 26.4. The van der Waals surface area contributed by atoms with Gasteiger partial charge in [-0.05, 0) is 86.1 Å². The van der Waals surface area contributed by atoms with Crippen LogP contribution in [0.25, 0.3) is 22.3 Å². The fourth-order valence-electron chi connectivity index (χ4n) is 6.73. The molecule has 0 unspecified atom stereocenters. The van der Waals surface area contributed by atoms with Crippen LogP contribution in [0.3, 0.4) is 0 Å². The Bertz CT molecular complexity index is 2020. The first-order valence-electron chi connectivity index (χ1n) is 18.4. The van der Waals surface area contributed by atoms with Gasteiger partial charge in [-0.3, -0.25) is 9.59 Å². The van der Waals surface area contributed by atoms with Crippen molar-refractivity contribution < 1.29 is 19.1 Å². The summed E-state index contributed by atoms with van der Waals surface area (Å²) in [7, 11) is 0. The molecule has 4 heterocycles. The molecule has 2 aliphatic rings. The molecule has 2 saturated carbocycles. The molecule has 280 valence electrons. The van der Waals surface area contributed by atoms with E-state index in [1.54, 1.807) is 61.2 Å². The second kappa shape index (κ2) is 17.0. The Morgan fingerprint density at radius 1 is 0.593 bits per heavy atom. The van der Waals surface area contributed by atoms with Gasteiger partial charge < -0.3 is 41.5 Å². The predicted octanol–water partition coefficient (Wildman–Crippen LogP) is 6.31. The molecule has 0 atom stereocenters. The first kappa shape index (κ1) is 36.1. The highest BCUT2D eigenvalue weighted by molar-refractivity contribution is 5.93. The summed E-state index contributed by atoms with van der Waals surface area (Å²) in [5.74, 6) is 2.00. The molecule has 8 rings (SSSR count). The Hall–Kier alpha value is -6.32. The number of aromatic amines is 2. The first-order valence-corrected chi connectivity index (χ1v) is 18.4. The highest BCUT2D eigenvalue weighted by Gasteiger charge is 2.19. The number of nitrogens with zero attached hydrogens (tertiary/aromatic N) is 6. The van der Waals surface area contributed by atoms with E-state index in [0.29, 0.717) is 82.2 Å². The Balaban J connectivity index is 0.000000167. The number of anilines is 4. The van der Waals surface area contributed by atoms with E-state index in [0.717, 1.165) is 11.4 Å². The molecule has 2 aromatic carbocycles. The SMILES string of the molecule is NC(=O)c1ccc(Nc2nc(OCC3CCCCC3)c3[nH]cnc3n2)cc1.NC(=O)c1ccc(Nc2nc(OCC3CCCCC3)c3[nH]cnc3n2)cc1. The molecule has 16 nitrogen and oxygen atoms in total. The zero-order valence-corrected chi connectivity index (χ0v) is 29.9. The third-order valence-electron chi connectivity index (χ3n) is 9.72. The van der Waals surface area contributed by atoms with E-state index >= 15 is 0 Å². The monoisotopic (exact) mass is 732 g/mol. The summed E-state index contributed by atoms with van der Waals surface area (Å²) in [6.07, 6.45) is 15.7. The summed E-state index contributed by atoms with van der Waals surface area (Å²) in [5.41, 5.74) is 15.4. The van der Waals surface area contributed by atoms with Crippen LogP contribution in [0, 0.1) is 11.8 Å². The second-order valence-corrected chi connectivity index (χ2v) is 13.7. The van der Waals surface area contributed by atoms with Gasteiger partial charge in [0.05, 0.1) is 25.9 Å². The summed E-state index contributed by atoms with van der Waals surface area (Å²) >= 11 is 0. The van der Waals surface area contributed by atoms with Crippen molar-refractivity contribution in [3.8, 4) is 11.8 Å². The molecular weight excluding hydrogens is 688 g/mol. The van der Waals surface area contributed by atoms with Crippen LogP contribution in [0.1, 0.15) is 84.9 Å². The molecule has 8 N–H and O–H groups in total. The summed E-state index contributed by atoms with van der Waals surface area (Å²) in [6, 6.07) is 13.6. The molecule has 16 heteroatoms. The van der Waals surface area contributed by atoms with E-state index in [2.05, 4.69) is 50.5 Å². The molecule has 54 heavy (non-hydrogen) atoms. The topological polar surface area (TPSA) is 238 Å². The van der Waals surface area contributed by atoms with E-state index in [-0.39, 0.29) is 0 Å². The number of carbonyl (C=O) groups is 2. The molecule has 2 aliphatic carbocycles. The number of ether oxygens (including phenoxy) is 2. The molecule has 2 amide bonds. The quantitative estimate of drug-likeness (QED) is 0.0812. The van der Waals surface area contributed by atoms with Crippen LogP contribution in [0.2, 0.25) is 0 Å². The molecule has 2 fully saturated rings. The average Bonchev–Trinajstić information content (AvgIpc) is 3.88. The average molecular weight is 733 g/mol. The van der Waals surface area contributed by atoms with E-state index in [1.807, 2.05) is 0 Å². The zero-order chi connectivity index (χ0) is 37.3. The normalized spacial score (nSPS) is 15.0. The maximum absolute atomic E-state index is 11.2. The van der Waals surface area contributed by atoms with Crippen molar-refractivity contribution in [2.45, 2.75) is 64.2 Å². The Morgan fingerprint density at radius 2 is 0.981 bits per heavy atom. The summed E-state index contributed by atoms with van der Waals surface area (Å²) in [4.78, 5) is 54.7. The number of H-pyrrole nitrogens is 2. The van der Waals surface area contributed by atoms with Gasteiger partial charge in [-0.2, -0.15) is 19.9 Å². The van der Waals surface area contributed by atoms with Crippen molar-refractivity contribution in [3.05, 3.63) is 72.3 Å². The van der Waals surface area contributed by atoms with Crippen molar-refractivity contribution in [1.82, 2.24) is 39.9 Å². The number of nitrogens with one attached hydrogen (secondary N) is 4. The van der Waals surface area contributed by atoms with Crippen molar-refractivity contribution >= 4 is 57.4 Å². The minimum absolute atomic E-state index is 0.389. The number of amides is 2. The molecule has 4 aromatic heterocycles. The molecule has 0 aliphatic heterocycles. The number of hydrogen-bond donors (Lipinski definition) is 6. The van der Waals surface area contributed by atoms with Gasteiger partial charge in [0.2, 0.25) is 35.5 Å². The lowest BCUT2D eigenvalue weighted by Crippen LogP contribution is -2.16. The molecule has 0 spiro atoms. The number of benzene rings is 2. The Labute approximate surface area is 311 Å². The molecular formula is C38H44N12O4. The predicted molar refractivity (Wildman–Crippen MR) is 204 cm³/mol. The van der Waals surface area contributed by atoms with E-state index in [9.17, 15) is 9.59 Å². The molecule has 0 radical (unpaired) electrons. The van der Waals surface area contributed by atoms with Gasteiger partial charge in [-0.15, -0.1) is 0 Å². The number of rotatable bonds is 12. The highest BCUT2D eigenvalue weighted by atomic mass is 16.5. The van der Waals surface area contributed by atoms with Crippen LogP contribution in [0.4, 0.5) is 23.3 Å². The maximum Gasteiger partial charge on any atom is 0.248 e. The maximum atomic E-state index is 11.2. The van der Waals surface area contributed by atoms with Crippen molar-refractivity contribution in [2.24, 2.45) is 23.3 Å². The number of nitrogens with two attached hydrogens (primary N) is 2. The van der Waals surface area contributed by atoms with Crippen LogP contribution in [0.15, 0.2) is 61.2 Å². The third-order valence-corrected chi connectivity index (χ3v) is 9.72. The lowest BCUT2D eigenvalue weighted by atomic mass is 9.90. The van der Waals surface area contributed by atoms with Gasteiger partial charge in [-0.25, -0.2) is 9.97 Å².